The molecule has 5 atom stereocenters. The third-order valence-corrected chi connectivity index (χ3v) is 12.2. The number of hydrogen-bond acceptors (Lipinski definition) is 9. The highest BCUT2D eigenvalue weighted by atomic mass is 32.2. The van der Waals surface area contributed by atoms with E-state index in [2.05, 4.69) is 16.0 Å². The topological polar surface area (TPSA) is 218 Å². The van der Waals surface area contributed by atoms with Crippen LogP contribution in [0.3, 0.4) is 0 Å². The number of hydrogen-bond donors (Lipinski definition) is 4. The molecule has 55 heavy (non-hydrogen) atoms. The first-order chi connectivity index (χ1) is 25.4. The van der Waals surface area contributed by atoms with Crippen molar-refractivity contribution in [3.63, 3.8) is 0 Å². The summed E-state index contributed by atoms with van der Waals surface area (Å²) in [6.45, 7) is 11.3. The van der Waals surface area contributed by atoms with Crippen molar-refractivity contribution in [2.45, 2.75) is 117 Å². The summed E-state index contributed by atoms with van der Waals surface area (Å²) in [7, 11) is -2.15. The van der Waals surface area contributed by atoms with Gasteiger partial charge in [0, 0.05) is 39.1 Å². The number of nitrogens with one attached hydrogen (secondary N) is 3. The third kappa shape index (κ3) is 11.4. The first-order valence-electron chi connectivity index (χ1n) is 18.9. The smallest absolute Gasteiger partial charge is 0.410 e. The fraction of sp³-hybridized carbons (Fsp3) is 0.684. The van der Waals surface area contributed by atoms with Gasteiger partial charge in [0.2, 0.25) is 27.6 Å². The minimum absolute atomic E-state index is 0.0278. The van der Waals surface area contributed by atoms with Gasteiger partial charge < -0.3 is 36.2 Å². The molecule has 306 valence electrons. The van der Waals surface area contributed by atoms with E-state index >= 15 is 0 Å². The Balaban J connectivity index is 1.58. The number of likely N-dealkylation sites (tertiary alicyclic amines) is 1. The lowest BCUT2D eigenvalue weighted by Gasteiger charge is -2.37. The Labute approximate surface area is 324 Å². The SMILES string of the molecule is CN(C[C@@H](NC(=O)N[C@H](C(=O)N1CC(OC(=O)N2CCc3ccccc3C2)CC1C(=O)NC(CC1CCC1)C(=O)C(N)=O)C(C)(C)C)C(C)(C)C)S(C)(=O)=O. The lowest BCUT2D eigenvalue weighted by Crippen LogP contribution is -2.62. The Morgan fingerprint density at radius 3 is 2.15 bits per heavy atom. The average Bonchev–Trinajstić information content (AvgIpc) is 3.49. The molecule has 1 aromatic carbocycles. The summed E-state index contributed by atoms with van der Waals surface area (Å²) in [5.74, 6) is -3.35. The molecule has 0 bridgehead atoms. The van der Waals surface area contributed by atoms with Crippen LogP contribution in [0.1, 0.15) is 84.8 Å². The molecule has 2 heterocycles. The number of Topliss-reactive ketones (excluding diaryl/α,β-unsaturated/α-hetero) is 1. The Kier molecular flexibility index (Phi) is 13.6. The zero-order valence-corrected chi connectivity index (χ0v) is 34.2. The molecule has 2 aliphatic heterocycles. The van der Waals surface area contributed by atoms with Crippen molar-refractivity contribution in [1.82, 2.24) is 30.1 Å². The number of likely N-dealkylation sites (N-methyl/N-ethyl adjacent to an activating group) is 1. The van der Waals surface area contributed by atoms with Crippen LogP contribution in [0.4, 0.5) is 9.59 Å². The predicted molar refractivity (Wildman–Crippen MR) is 205 cm³/mol. The van der Waals surface area contributed by atoms with Gasteiger partial charge >= 0.3 is 12.1 Å². The van der Waals surface area contributed by atoms with Gasteiger partial charge in [-0.3, -0.25) is 19.2 Å². The summed E-state index contributed by atoms with van der Waals surface area (Å²) in [5.41, 5.74) is 6.01. The van der Waals surface area contributed by atoms with Gasteiger partial charge in [0.1, 0.15) is 18.2 Å². The minimum Gasteiger partial charge on any atom is -0.444 e. The van der Waals surface area contributed by atoms with Gasteiger partial charge in [-0.2, -0.15) is 0 Å². The van der Waals surface area contributed by atoms with Crippen LogP contribution < -0.4 is 21.7 Å². The summed E-state index contributed by atoms with van der Waals surface area (Å²) in [5, 5.41) is 8.28. The number of ketones is 1. The maximum absolute atomic E-state index is 14.6. The van der Waals surface area contributed by atoms with E-state index < -0.39 is 86.8 Å². The fourth-order valence-electron chi connectivity index (χ4n) is 7.05. The molecule has 1 saturated heterocycles. The molecule has 4 rings (SSSR count). The van der Waals surface area contributed by atoms with Crippen LogP contribution in [-0.2, 0) is 46.9 Å². The van der Waals surface area contributed by atoms with Crippen LogP contribution in [-0.4, -0.2) is 121 Å². The molecule has 6 amide bonds. The quantitative estimate of drug-likeness (QED) is 0.214. The zero-order valence-electron chi connectivity index (χ0n) is 33.3. The van der Waals surface area contributed by atoms with Crippen LogP contribution in [0.25, 0.3) is 0 Å². The highest BCUT2D eigenvalue weighted by Gasteiger charge is 2.47. The third-order valence-electron chi connectivity index (χ3n) is 10.9. The molecule has 3 unspecified atom stereocenters. The van der Waals surface area contributed by atoms with Crippen LogP contribution in [0, 0.1) is 16.7 Å². The Hall–Kier alpha value is -4.25. The van der Waals surface area contributed by atoms with Crippen molar-refractivity contribution >= 4 is 45.7 Å². The molecule has 0 radical (unpaired) electrons. The molecule has 2 fully saturated rings. The van der Waals surface area contributed by atoms with E-state index in [1.807, 2.05) is 45.0 Å². The maximum atomic E-state index is 14.6. The number of fused-ring (bicyclic) bond motifs is 1. The van der Waals surface area contributed by atoms with E-state index in [9.17, 15) is 37.2 Å². The van der Waals surface area contributed by atoms with Crippen molar-refractivity contribution < 1.29 is 41.9 Å². The van der Waals surface area contributed by atoms with Gasteiger partial charge in [0.05, 0.1) is 18.8 Å². The summed E-state index contributed by atoms with van der Waals surface area (Å²) in [6.07, 6.45) is 2.98. The number of sulfonamides is 1. The second kappa shape index (κ2) is 17.3. The van der Waals surface area contributed by atoms with E-state index in [1.165, 1.54) is 11.9 Å². The van der Waals surface area contributed by atoms with Crippen LogP contribution in [0.15, 0.2) is 24.3 Å². The van der Waals surface area contributed by atoms with E-state index in [4.69, 9.17) is 10.5 Å². The molecule has 1 aromatic rings. The molecule has 1 saturated carbocycles. The summed E-state index contributed by atoms with van der Waals surface area (Å²) in [6, 6.07) is 2.80. The average molecular weight is 790 g/mol. The lowest BCUT2D eigenvalue weighted by molar-refractivity contribution is -0.143. The normalized spacial score (nSPS) is 20.7. The minimum atomic E-state index is -3.56. The van der Waals surface area contributed by atoms with Gasteiger partial charge in [-0.1, -0.05) is 85.1 Å². The van der Waals surface area contributed by atoms with Crippen molar-refractivity contribution in [1.29, 1.82) is 0 Å². The molecular formula is C38H59N7O9S. The number of amides is 6. The van der Waals surface area contributed by atoms with Crippen molar-refractivity contribution in [3.8, 4) is 0 Å². The van der Waals surface area contributed by atoms with Gasteiger partial charge in [-0.05, 0) is 40.7 Å². The first kappa shape index (κ1) is 43.5. The molecule has 5 N–H and O–H groups in total. The Morgan fingerprint density at radius 2 is 1.60 bits per heavy atom. The number of carbonyl (C=O) groups is 6. The Morgan fingerprint density at radius 1 is 0.964 bits per heavy atom. The second-order valence-corrected chi connectivity index (χ2v) is 19.5. The largest absolute Gasteiger partial charge is 0.444 e. The number of ether oxygens (including phenoxy) is 1. The number of rotatable bonds is 13. The monoisotopic (exact) mass is 789 g/mol. The summed E-state index contributed by atoms with van der Waals surface area (Å²) >= 11 is 0. The van der Waals surface area contributed by atoms with Crippen LogP contribution in [0.2, 0.25) is 0 Å². The molecule has 0 aromatic heterocycles. The van der Waals surface area contributed by atoms with E-state index in [0.717, 1.165) is 41.0 Å². The number of urea groups is 1. The maximum Gasteiger partial charge on any atom is 0.410 e. The highest BCUT2D eigenvalue weighted by molar-refractivity contribution is 7.88. The van der Waals surface area contributed by atoms with E-state index in [0.29, 0.717) is 19.5 Å². The Bertz CT molecular complexity index is 1740. The molecular weight excluding hydrogens is 731 g/mol. The van der Waals surface area contributed by atoms with E-state index in [1.54, 1.807) is 25.7 Å². The number of nitrogens with two attached hydrogens (primary N) is 1. The van der Waals surface area contributed by atoms with Gasteiger partial charge in [0.25, 0.3) is 5.91 Å². The summed E-state index contributed by atoms with van der Waals surface area (Å²) in [4.78, 5) is 83.4. The van der Waals surface area contributed by atoms with Crippen molar-refractivity contribution in [3.05, 3.63) is 35.4 Å². The number of nitrogens with zero attached hydrogens (tertiary/aromatic N) is 3. The molecule has 3 aliphatic rings. The summed E-state index contributed by atoms with van der Waals surface area (Å²) < 4.78 is 31.4. The predicted octanol–water partition coefficient (Wildman–Crippen LogP) is 1.90. The number of primary amides is 1. The number of benzene rings is 1. The lowest BCUT2D eigenvalue weighted by atomic mass is 9.80. The van der Waals surface area contributed by atoms with Crippen LogP contribution in [0.5, 0.6) is 0 Å². The van der Waals surface area contributed by atoms with E-state index in [-0.39, 0.29) is 31.8 Å². The molecule has 1 aliphatic carbocycles. The van der Waals surface area contributed by atoms with Crippen molar-refractivity contribution in [2.75, 3.05) is 32.9 Å². The molecule has 16 nitrogen and oxygen atoms in total. The van der Waals surface area contributed by atoms with Crippen LogP contribution >= 0.6 is 0 Å². The fourth-order valence-corrected chi connectivity index (χ4v) is 7.47. The molecule has 0 spiro atoms. The first-order valence-corrected chi connectivity index (χ1v) is 20.8. The standard InChI is InChI=1S/C38H59N7O9S/c1-37(2,3)29(22-43(7)55(8,52)53)41-35(50)42-31(38(4,5)6)34(49)45-21-26(54-36(51)44-17-16-24-14-9-10-15-25(24)20-44)19-28(45)33(48)40-27(30(46)32(39)47)18-23-12-11-13-23/h9-10,14-15,23,26-29,31H,11-13,16-22H2,1-8H3,(H2,39,47)(H,40,48)(H2,41,42,50)/t26?,27?,28?,29-,31-/m1/s1. The second-order valence-electron chi connectivity index (χ2n) is 17.4. The van der Waals surface area contributed by atoms with Crippen molar-refractivity contribution in [2.24, 2.45) is 22.5 Å². The number of carbonyl (C=O) groups excluding carboxylic acids is 6. The van der Waals surface area contributed by atoms with Gasteiger partial charge in [0.15, 0.2) is 0 Å². The van der Waals surface area contributed by atoms with Gasteiger partial charge in [-0.25, -0.2) is 22.3 Å². The van der Waals surface area contributed by atoms with Gasteiger partial charge in [-0.15, -0.1) is 0 Å². The highest BCUT2D eigenvalue weighted by Crippen LogP contribution is 2.32. The zero-order chi connectivity index (χ0) is 41.0. The molecule has 17 heteroatoms.